The molecule has 0 aliphatic carbocycles. The lowest BCUT2D eigenvalue weighted by molar-refractivity contribution is -0.00000694. The molecule has 0 atom stereocenters. The van der Waals surface area contributed by atoms with Gasteiger partial charge in [0, 0.05) is 5.56 Å². The predicted molar refractivity (Wildman–Crippen MR) is 143 cm³/mol. The minimum atomic E-state index is -2.29. The van der Waals surface area contributed by atoms with Gasteiger partial charge < -0.3 is 28.4 Å². The fraction of sp³-hybridized carbons (Fsp3) is 0.0690. The first-order valence-electron chi connectivity index (χ1n) is 10.9. The minimum absolute atomic E-state index is 0. The second-order valence-electron chi connectivity index (χ2n) is 7.88. The molecule has 0 saturated heterocycles. The second kappa shape index (κ2) is 10.9. The normalized spacial score (nSPS) is 11.1. The van der Waals surface area contributed by atoms with Crippen molar-refractivity contribution >= 4 is 40.4 Å². The van der Waals surface area contributed by atoms with Crippen LogP contribution in [0, 0.1) is 6.92 Å². The molecule has 0 unspecified atom stereocenters. The molecule has 170 valence electrons. The van der Waals surface area contributed by atoms with Gasteiger partial charge in [-0.3, -0.25) is 0 Å². The van der Waals surface area contributed by atoms with Gasteiger partial charge in [-0.2, -0.15) is 4.98 Å². The molecular weight excluding hydrogens is 568 g/mol. The Hall–Kier alpha value is -2.40. The maximum absolute atomic E-state index is 6.44. The maximum Gasteiger partial charge on any atom is 0.251 e. The van der Waals surface area contributed by atoms with E-state index in [1.807, 2.05) is 0 Å². The van der Waals surface area contributed by atoms with Crippen LogP contribution in [0.3, 0.4) is 0 Å². The molecule has 0 N–H and O–H groups in total. The quantitative estimate of drug-likeness (QED) is 0.172. The Morgan fingerprint density at radius 3 is 1.50 bits per heavy atom. The fourth-order valence-corrected chi connectivity index (χ4v) is 9.35. The molecule has 1 aromatic heterocycles. The second-order valence-corrected chi connectivity index (χ2v) is 12.0. The van der Waals surface area contributed by atoms with E-state index in [0.29, 0.717) is 5.89 Å². The molecule has 0 aliphatic rings. The van der Waals surface area contributed by atoms with Crippen molar-refractivity contribution in [2.24, 2.45) is 0 Å². The van der Waals surface area contributed by atoms with Gasteiger partial charge in [0.25, 0.3) is 5.44 Å². The SMILES string of the molecule is CSc1oc(-c2ccc(C)cc2)nc1[P+](c1ccccc1)(c1ccccc1)c1ccccc1.[I-]. The first-order valence-corrected chi connectivity index (χ1v) is 13.9. The molecule has 0 spiro atoms. The molecule has 0 radical (unpaired) electrons. The number of hydrogen-bond donors (Lipinski definition) is 0. The van der Waals surface area contributed by atoms with Gasteiger partial charge in [-0.25, -0.2) is 0 Å². The maximum atomic E-state index is 6.44. The first-order chi connectivity index (χ1) is 16.2. The van der Waals surface area contributed by atoms with Crippen LogP contribution in [0.5, 0.6) is 0 Å². The number of halogens is 1. The third-order valence-corrected chi connectivity index (χ3v) is 10.8. The summed E-state index contributed by atoms with van der Waals surface area (Å²) in [6.07, 6.45) is 2.07. The van der Waals surface area contributed by atoms with E-state index < -0.39 is 7.26 Å². The molecule has 1 heterocycles. The van der Waals surface area contributed by atoms with Crippen molar-refractivity contribution < 1.29 is 28.4 Å². The summed E-state index contributed by atoms with van der Waals surface area (Å²) in [5.41, 5.74) is 3.24. The van der Waals surface area contributed by atoms with E-state index in [4.69, 9.17) is 9.40 Å². The van der Waals surface area contributed by atoms with Crippen LogP contribution in [-0.4, -0.2) is 11.2 Å². The average molecular weight is 593 g/mol. The molecule has 5 aromatic rings. The molecule has 5 heteroatoms. The zero-order valence-corrected chi connectivity index (χ0v) is 22.9. The molecule has 0 aliphatic heterocycles. The van der Waals surface area contributed by atoms with Gasteiger partial charge in [0.15, 0.2) is 7.26 Å². The van der Waals surface area contributed by atoms with Crippen molar-refractivity contribution in [2.75, 3.05) is 6.26 Å². The Morgan fingerprint density at radius 2 is 1.09 bits per heavy atom. The zero-order chi connectivity index (χ0) is 22.7. The van der Waals surface area contributed by atoms with E-state index in [1.54, 1.807) is 11.8 Å². The highest BCUT2D eigenvalue weighted by Crippen LogP contribution is 2.55. The summed E-state index contributed by atoms with van der Waals surface area (Å²) in [5.74, 6) is 0.668. The van der Waals surface area contributed by atoms with E-state index in [0.717, 1.165) is 16.1 Å². The predicted octanol–water partition coefficient (Wildman–Crippen LogP) is 3.00. The summed E-state index contributed by atoms with van der Waals surface area (Å²) in [5, 5.41) is 4.67. The standard InChI is InChI=1S/C29H25NOPS.HI/c1-22-18-20-23(21-19-22)27-30-28(29(31-27)33-2)32(24-12-6-3-7-13-24,25-14-8-4-9-15-25)26-16-10-5-11-17-26;/h3-21H,1-2H3;1H/q+1;/p-1. The Bertz CT molecular complexity index is 1240. The molecule has 34 heavy (non-hydrogen) atoms. The third kappa shape index (κ3) is 4.47. The van der Waals surface area contributed by atoms with Crippen LogP contribution in [0.1, 0.15) is 5.56 Å². The van der Waals surface area contributed by atoms with Crippen molar-refractivity contribution in [1.29, 1.82) is 0 Å². The van der Waals surface area contributed by atoms with Crippen molar-refractivity contribution in [3.05, 3.63) is 121 Å². The summed E-state index contributed by atoms with van der Waals surface area (Å²) in [6.45, 7) is 2.09. The van der Waals surface area contributed by atoms with Crippen molar-refractivity contribution in [3.8, 4) is 11.5 Å². The molecule has 0 amide bonds. The number of aromatic nitrogens is 1. The average Bonchev–Trinajstić information content (AvgIpc) is 3.32. The summed E-state index contributed by atoms with van der Waals surface area (Å²) >= 11 is 1.62. The van der Waals surface area contributed by atoms with Gasteiger partial charge in [0.2, 0.25) is 11.0 Å². The first kappa shape index (κ1) is 24.7. The number of oxazole rings is 1. The highest BCUT2D eigenvalue weighted by molar-refractivity contribution is 8.04. The van der Waals surface area contributed by atoms with Gasteiger partial charge in [-0.15, -0.1) is 0 Å². The van der Waals surface area contributed by atoms with E-state index in [-0.39, 0.29) is 24.0 Å². The topological polar surface area (TPSA) is 26.0 Å². The summed E-state index contributed by atoms with van der Waals surface area (Å²) in [7, 11) is -2.29. The van der Waals surface area contributed by atoms with Crippen LogP contribution >= 0.6 is 19.0 Å². The Labute approximate surface area is 223 Å². The summed E-state index contributed by atoms with van der Waals surface area (Å²) < 4.78 is 6.44. The number of nitrogens with zero attached hydrogens (tertiary/aromatic N) is 1. The van der Waals surface area contributed by atoms with Crippen LogP contribution in [0.15, 0.2) is 125 Å². The van der Waals surface area contributed by atoms with Gasteiger partial charge in [-0.05, 0) is 61.7 Å². The van der Waals surface area contributed by atoms with Crippen molar-refractivity contribution in [3.63, 3.8) is 0 Å². The lowest BCUT2D eigenvalue weighted by Crippen LogP contribution is -3.00. The summed E-state index contributed by atoms with van der Waals surface area (Å²) in [4.78, 5) is 5.24. The van der Waals surface area contributed by atoms with E-state index in [9.17, 15) is 0 Å². The number of benzene rings is 4. The molecule has 0 bridgehead atoms. The number of rotatable bonds is 6. The molecular formula is C29H25INOPS. The van der Waals surface area contributed by atoms with E-state index in [2.05, 4.69) is 128 Å². The van der Waals surface area contributed by atoms with Crippen LogP contribution < -0.4 is 45.3 Å². The molecule has 0 saturated carbocycles. The van der Waals surface area contributed by atoms with E-state index >= 15 is 0 Å². The van der Waals surface area contributed by atoms with Gasteiger partial charge in [0.1, 0.15) is 15.9 Å². The highest BCUT2D eigenvalue weighted by atomic mass is 127. The lowest BCUT2D eigenvalue weighted by Gasteiger charge is -2.25. The number of hydrogen-bond acceptors (Lipinski definition) is 3. The Kier molecular flexibility index (Phi) is 7.92. The minimum Gasteiger partial charge on any atom is -1.00 e. The van der Waals surface area contributed by atoms with Crippen LogP contribution in [0.2, 0.25) is 0 Å². The van der Waals surface area contributed by atoms with Crippen LogP contribution in [0.25, 0.3) is 11.5 Å². The molecule has 4 aromatic carbocycles. The van der Waals surface area contributed by atoms with Gasteiger partial charge in [-0.1, -0.05) is 84.1 Å². The molecule has 5 rings (SSSR count). The zero-order valence-electron chi connectivity index (χ0n) is 19.1. The molecule has 0 fully saturated rings. The lowest BCUT2D eigenvalue weighted by atomic mass is 10.1. The number of thioether (sulfide) groups is 1. The smallest absolute Gasteiger partial charge is 0.251 e. The molecule has 2 nitrogen and oxygen atoms in total. The van der Waals surface area contributed by atoms with E-state index in [1.165, 1.54) is 21.5 Å². The van der Waals surface area contributed by atoms with Crippen LogP contribution in [0.4, 0.5) is 0 Å². The largest absolute Gasteiger partial charge is 1.00 e. The highest BCUT2D eigenvalue weighted by Gasteiger charge is 2.52. The van der Waals surface area contributed by atoms with Gasteiger partial charge >= 0.3 is 0 Å². The Balaban J connectivity index is 0.00000274. The fourth-order valence-electron chi connectivity index (χ4n) is 4.23. The third-order valence-electron chi connectivity index (χ3n) is 5.81. The van der Waals surface area contributed by atoms with Crippen molar-refractivity contribution in [2.45, 2.75) is 12.0 Å². The van der Waals surface area contributed by atoms with Crippen molar-refractivity contribution in [1.82, 2.24) is 4.98 Å². The number of aryl methyl sites for hydroxylation is 1. The monoisotopic (exact) mass is 593 g/mol. The Morgan fingerprint density at radius 1 is 0.647 bits per heavy atom. The summed E-state index contributed by atoms with van der Waals surface area (Å²) in [6, 6.07) is 40.7. The van der Waals surface area contributed by atoms with Crippen LogP contribution in [-0.2, 0) is 0 Å². The van der Waals surface area contributed by atoms with Gasteiger partial charge in [0.05, 0.1) is 0 Å².